The third-order valence-corrected chi connectivity index (χ3v) is 5.29. The maximum atomic E-state index is 4.84. The van der Waals surface area contributed by atoms with E-state index < -0.39 is 0 Å². The summed E-state index contributed by atoms with van der Waals surface area (Å²) in [5.41, 5.74) is 2.64. The Labute approximate surface area is 126 Å². The monoisotopic (exact) mass is 336 g/mol. The molecule has 0 radical (unpaired) electrons. The third-order valence-electron chi connectivity index (χ3n) is 3.59. The zero-order valence-electron chi connectivity index (χ0n) is 10.9. The predicted octanol–water partition coefficient (Wildman–Crippen LogP) is 4.09. The average molecular weight is 337 g/mol. The lowest BCUT2D eigenvalue weighted by Gasteiger charge is -2.20. The molecule has 1 aliphatic rings. The number of thiazole rings is 1. The fourth-order valence-corrected chi connectivity index (χ4v) is 4.38. The summed E-state index contributed by atoms with van der Waals surface area (Å²) in [7, 11) is 2.05. The van der Waals surface area contributed by atoms with E-state index >= 15 is 0 Å². The minimum Gasteiger partial charge on any atom is -0.312 e. The van der Waals surface area contributed by atoms with E-state index in [0.717, 1.165) is 17.3 Å². The molecule has 2 nitrogen and oxygen atoms in total. The van der Waals surface area contributed by atoms with Crippen LogP contribution in [0.1, 0.15) is 40.0 Å². The Kier molecular flexibility index (Phi) is 4.01. The van der Waals surface area contributed by atoms with E-state index in [-0.39, 0.29) is 0 Å². The minimum atomic E-state index is 0.512. The van der Waals surface area contributed by atoms with Crippen molar-refractivity contribution in [1.29, 1.82) is 0 Å². The summed E-state index contributed by atoms with van der Waals surface area (Å²) >= 11 is 5.41. The second-order valence-electron chi connectivity index (χ2n) is 4.96. The Morgan fingerprint density at radius 1 is 1.47 bits per heavy atom. The van der Waals surface area contributed by atoms with Crippen molar-refractivity contribution in [2.75, 3.05) is 7.05 Å². The molecule has 0 fully saturated rings. The highest BCUT2D eigenvalue weighted by Gasteiger charge is 2.23. The first kappa shape index (κ1) is 13.3. The number of hydrogen-bond acceptors (Lipinski definition) is 3. The summed E-state index contributed by atoms with van der Waals surface area (Å²) < 4.78 is 1.14. The zero-order chi connectivity index (χ0) is 13.2. The van der Waals surface area contributed by atoms with E-state index in [0.29, 0.717) is 6.04 Å². The second-order valence-corrected chi connectivity index (χ2v) is 6.99. The van der Waals surface area contributed by atoms with Crippen LogP contribution >= 0.6 is 27.3 Å². The molecular weight excluding hydrogens is 320 g/mol. The van der Waals surface area contributed by atoms with Gasteiger partial charge in [-0.25, -0.2) is 4.98 Å². The van der Waals surface area contributed by atoms with E-state index in [1.54, 1.807) is 0 Å². The molecule has 1 unspecified atom stereocenters. The van der Waals surface area contributed by atoms with Gasteiger partial charge in [-0.3, -0.25) is 0 Å². The van der Waals surface area contributed by atoms with Crippen LogP contribution in [0.15, 0.2) is 28.7 Å². The highest BCUT2D eigenvalue weighted by Crippen LogP contribution is 2.34. The highest BCUT2D eigenvalue weighted by atomic mass is 79.9. The normalized spacial score (nSPS) is 18.3. The maximum Gasteiger partial charge on any atom is 0.0975 e. The lowest BCUT2D eigenvalue weighted by Crippen LogP contribution is -2.19. The molecule has 100 valence electrons. The molecule has 3 rings (SSSR count). The highest BCUT2D eigenvalue weighted by molar-refractivity contribution is 9.10. The summed E-state index contributed by atoms with van der Waals surface area (Å²) in [5, 5.41) is 4.65. The Balaban J connectivity index is 1.85. The van der Waals surface area contributed by atoms with Gasteiger partial charge in [0.05, 0.1) is 10.7 Å². The van der Waals surface area contributed by atoms with Crippen LogP contribution in [0, 0.1) is 0 Å². The van der Waals surface area contributed by atoms with Gasteiger partial charge < -0.3 is 5.32 Å². The van der Waals surface area contributed by atoms with Gasteiger partial charge in [0.25, 0.3) is 0 Å². The summed E-state index contributed by atoms with van der Waals surface area (Å²) in [4.78, 5) is 6.29. The van der Waals surface area contributed by atoms with Gasteiger partial charge in [0.15, 0.2) is 0 Å². The lowest BCUT2D eigenvalue weighted by molar-refractivity contribution is 0.501. The van der Waals surface area contributed by atoms with Crippen LogP contribution in [0.2, 0.25) is 0 Å². The standard InChI is InChI=1S/C15H17BrN2S/c1-17-12-6-3-7-13-15(12)19-14(18-13)9-10-4-2-5-11(16)8-10/h2,4-5,8,12,17H,3,6-7,9H2,1H3. The van der Waals surface area contributed by atoms with Crippen LogP contribution in [-0.2, 0) is 12.8 Å². The molecule has 0 saturated heterocycles. The van der Waals surface area contributed by atoms with E-state index in [4.69, 9.17) is 4.98 Å². The summed E-state index contributed by atoms with van der Waals surface area (Å²) in [6.45, 7) is 0. The molecule has 1 aliphatic carbocycles. The van der Waals surface area contributed by atoms with Crippen molar-refractivity contribution in [2.45, 2.75) is 31.7 Å². The van der Waals surface area contributed by atoms with E-state index in [1.807, 2.05) is 18.4 Å². The number of aromatic nitrogens is 1. The summed E-state index contributed by atoms with van der Waals surface area (Å²) in [6.07, 6.45) is 4.57. The van der Waals surface area contributed by atoms with Crippen LogP contribution in [0.3, 0.4) is 0 Å². The van der Waals surface area contributed by atoms with Crippen LogP contribution in [-0.4, -0.2) is 12.0 Å². The molecule has 0 spiro atoms. The first-order valence-corrected chi connectivity index (χ1v) is 8.27. The fraction of sp³-hybridized carbons (Fsp3) is 0.400. The van der Waals surface area contributed by atoms with Crippen molar-refractivity contribution in [3.8, 4) is 0 Å². The SMILES string of the molecule is CNC1CCCc2nc(Cc3cccc(Br)c3)sc21. The first-order chi connectivity index (χ1) is 9.26. The number of nitrogens with one attached hydrogen (secondary N) is 1. The van der Waals surface area contributed by atoms with Gasteiger partial charge in [-0.1, -0.05) is 28.1 Å². The Morgan fingerprint density at radius 3 is 3.16 bits per heavy atom. The number of rotatable bonds is 3. The third kappa shape index (κ3) is 2.91. The minimum absolute atomic E-state index is 0.512. The van der Waals surface area contributed by atoms with Crippen molar-refractivity contribution >= 4 is 27.3 Å². The first-order valence-electron chi connectivity index (χ1n) is 6.66. The smallest absolute Gasteiger partial charge is 0.0975 e. The Hall–Kier alpha value is -0.710. The topological polar surface area (TPSA) is 24.9 Å². The van der Waals surface area contributed by atoms with Crippen molar-refractivity contribution in [2.24, 2.45) is 0 Å². The largest absolute Gasteiger partial charge is 0.312 e. The van der Waals surface area contributed by atoms with Crippen molar-refractivity contribution in [3.63, 3.8) is 0 Å². The van der Waals surface area contributed by atoms with Crippen molar-refractivity contribution < 1.29 is 0 Å². The van der Waals surface area contributed by atoms with Crippen LogP contribution < -0.4 is 5.32 Å². The Bertz CT molecular complexity index is 579. The van der Waals surface area contributed by atoms with Gasteiger partial charge in [-0.05, 0) is 44.0 Å². The van der Waals surface area contributed by atoms with E-state index in [1.165, 1.54) is 34.0 Å². The van der Waals surface area contributed by atoms with Gasteiger partial charge in [0, 0.05) is 21.8 Å². The van der Waals surface area contributed by atoms with Gasteiger partial charge in [-0.2, -0.15) is 0 Å². The lowest BCUT2D eigenvalue weighted by atomic mass is 9.98. The molecule has 0 bridgehead atoms. The molecule has 0 aliphatic heterocycles. The molecular formula is C15H17BrN2S. The van der Waals surface area contributed by atoms with Crippen molar-refractivity contribution in [3.05, 3.63) is 49.9 Å². The molecule has 0 amide bonds. The summed E-state index contributed by atoms with van der Waals surface area (Å²) in [5.74, 6) is 0. The average Bonchev–Trinajstić information content (AvgIpc) is 2.80. The molecule has 2 aromatic rings. The second kappa shape index (κ2) is 5.73. The number of benzene rings is 1. The van der Waals surface area contributed by atoms with Crippen LogP contribution in [0.4, 0.5) is 0 Å². The molecule has 1 N–H and O–H groups in total. The molecule has 1 aromatic carbocycles. The van der Waals surface area contributed by atoms with Crippen LogP contribution in [0.5, 0.6) is 0 Å². The quantitative estimate of drug-likeness (QED) is 0.912. The molecule has 0 saturated carbocycles. The number of hydrogen-bond donors (Lipinski definition) is 1. The van der Waals surface area contributed by atoms with E-state index in [2.05, 4.69) is 45.5 Å². The number of nitrogens with zero attached hydrogens (tertiary/aromatic N) is 1. The van der Waals surface area contributed by atoms with E-state index in [9.17, 15) is 0 Å². The zero-order valence-corrected chi connectivity index (χ0v) is 13.4. The Morgan fingerprint density at radius 2 is 2.37 bits per heavy atom. The molecule has 19 heavy (non-hydrogen) atoms. The summed E-state index contributed by atoms with van der Waals surface area (Å²) in [6, 6.07) is 9.01. The molecule has 1 atom stereocenters. The number of halogens is 1. The molecule has 4 heteroatoms. The van der Waals surface area contributed by atoms with Crippen LogP contribution in [0.25, 0.3) is 0 Å². The van der Waals surface area contributed by atoms with Gasteiger partial charge in [0.2, 0.25) is 0 Å². The van der Waals surface area contributed by atoms with Crippen molar-refractivity contribution in [1.82, 2.24) is 10.3 Å². The van der Waals surface area contributed by atoms with Gasteiger partial charge >= 0.3 is 0 Å². The molecule has 1 aromatic heterocycles. The van der Waals surface area contributed by atoms with Gasteiger partial charge in [0.1, 0.15) is 0 Å². The predicted molar refractivity (Wildman–Crippen MR) is 83.8 cm³/mol. The number of aryl methyl sites for hydroxylation is 1. The number of fused-ring (bicyclic) bond motifs is 1. The molecule has 1 heterocycles. The van der Waals surface area contributed by atoms with Gasteiger partial charge in [-0.15, -0.1) is 11.3 Å². The maximum absolute atomic E-state index is 4.84. The fourth-order valence-electron chi connectivity index (χ4n) is 2.64.